The number of imidazole rings is 1. The Kier molecular flexibility index (Phi) is 6.07. The van der Waals surface area contributed by atoms with Gasteiger partial charge in [-0.05, 0) is 48.5 Å². The number of alkyl halides is 3. The number of ether oxygens (including phenoxy) is 4. The van der Waals surface area contributed by atoms with Gasteiger partial charge in [0.25, 0.3) is 5.89 Å². The zero-order chi connectivity index (χ0) is 26.2. The number of hydrogen-bond acceptors (Lipinski definition) is 8. The van der Waals surface area contributed by atoms with Gasteiger partial charge in [-0.3, -0.25) is 4.40 Å². The number of methoxy groups -OCH3 is 3. The van der Waals surface area contributed by atoms with Gasteiger partial charge < -0.3 is 23.4 Å². The Morgan fingerprint density at radius 1 is 0.811 bits per heavy atom. The number of rotatable bonds is 7. The number of hydrogen-bond donors (Lipinski definition) is 0. The lowest BCUT2D eigenvalue weighted by Crippen LogP contribution is -2.16. The maximum absolute atomic E-state index is 12.4. The zero-order valence-electron chi connectivity index (χ0n) is 19.7. The van der Waals surface area contributed by atoms with Crippen molar-refractivity contribution in [1.82, 2.24) is 19.6 Å². The first kappa shape index (κ1) is 24.0. The van der Waals surface area contributed by atoms with Crippen LogP contribution < -0.4 is 18.9 Å². The minimum atomic E-state index is -4.78. The summed E-state index contributed by atoms with van der Waals surface area (Å²) in [5.41, 5.74) is 2.21. The number of fused-ring (bicyclic) bond motifs is 1. The molecule has 0 unspecified atom stereocenters. The first-order valence-electron chi connectivity index (χ1n) is 10.8. The molecule has 0 aliphatic rings. The summed E-state index contributed by atoms with van der Waals surface area (Å²) in [7, 11) is 4.57. The number of aromatic nitrogens is 4. The van der Waals surface area contributed by atoms with E-state index in [1.807, 2.05) is 28.8 Å². The highest BCUT2D eigenvalue weighted by Gasteiger charge is 2.31. The Bertz CT molecular complexity index is 1540. The molecule has 2 aromatic carbocycles. The van der Waals surface area contributed by atoms with Gasteiger partial charge in [0, 0.05) is 17.3 Å². The highest BCUT2D eigenvalue weighted by Crippen LogP contribution is 2.42. The van der Waals surface area contributed by atoms with Crippen LogP contribution in [-0.4, -0.2) is 47.3 Å². The predicted molar refractivity (Wildman–Crippen MR) is 126 cm³/mol. The Balaban J connectivity index is 1.56. The molecule has 3 heterocycles. The third kappa shape index (κ3) is 4.60. The van der Waals surface area contributed by atoms with Crippen LogP contribution in [0.4, 0.5) is 13.2 Å². The van der Waals surface area contributed by atoms with Crippen molar-refractivity contribution >= 4 is 5.52 Å². The quantitative estimate of drug-likeness (QED) is 0.277. The van der Waals surface area contributed by atoms with Crippen LogP contribution in [-0.2, 0) is 0 Å². The van der Waals surface area contributed by atoms with Crippen LogP contribution in [0.15, 0.2) is 65.2 Å². The van der Waals surface area contributed by atoms with E-state index in [1.165, 1.54) is 45.6 Å². The normalized spacial score (nSPS) is 11.5. The fourth-order valence-electron chi connectivity index (χ4n) is 3.84. The van der Waals surface area contributed by atoms with Gasteiger partial charge in [-0.2, -0.15) is 0 Å². The van der Waals surface area contributed by atoms with E-state index in [1.54, 1.807) is 12.1 Å². The second-order valence-corrected chi connectivity index (χ2v) is 7.64. The maximum Gasteiger partial charge on any atom is 0.573 e. The molecule has 0 spiro atoms. The molecular weight excluding hydrogens is 493 g/mol. The Labute approximate surface area is 208 Å². The van der Waals surface area contributed by atoms with E-state index in [9.17, 15) is 13.2 Å². The smallest absolute Gasteiger partial charge is 0.493 e. The fourth-order valence-corrected chi connectivity index (χ4v) is 3.84. The van der Waals surface area contributed by atoms with E-state index in [2.05, 4.69) is 14.9 Å². The molecule has 0 atom stereocenters. The summed E-state index contributed by atoms with van der Waals surface area (Å²) in [4.78, 5) is 4.77. The standard InChI is InChI=1S/C25H19F3N4O5/c1-33-18-12-15(13-19(34-2)21(18)35-3)22-29-20(17-6-4-5-11-32(17)22)24-31-30-23(36-24)14-7-9-16(10-8-14)37-25(26,27)28/h4-13H,1-3H3. The molecule has 0 N–H and O–H groups in total. The minimum Gasteiger partial charge on any atom is -0.493 e. The largest absolute Gasteiger partial charge is 0.573 e. The SMILES string of the molecule is COc1cc(-c2nc(-c3nnc(-c4ccc(OC(F)(F)F)cc4)o3)c3ccccn23)cc(OC)c1OC. The van der Waals surface area contributed by atoms with E-state index in [0.29, 0.717) is 45.4 Å². The maximum atomic E-state index is 12.4. The van der Waals surface area contributed by atoms with Crippen LogP contribution in [0.2, 0.25) is 0 Å². The van der Waals surface area contributed by atoms with Crippen molar-refractivity contribution < 1.29 is 36.5 Å². The summed E-state index contributed by atoms with van der Waals surface area (Å²) in [6, 6.07) is 14.2. The van der Waals surface area contributed by atoms with E-state index in [0.717, 1.165) is 0 Å². The second kappa shape index (κ2) is 9.37. The molecule has 5 rings (SSSR count). The van der Waals surface area contributed by atoms with E-state index in [-0.39, 0.29) is 17.5 Å². The Morgan fingerprint density at radius 3 is 2.11 bits per heavy atom. The summed E-state index contributed by atoms with van der Waals surface area (Å²) in [6.45, 7) is 0. The lowest BCUT2D eigenvalue weighted by atomic mass is 10.1. The molecule has 5 aromatic rings. The topological polar surface area (TPSA) is 93.1 Å². The lowest BCUT2D eigenvalue weighted by molar-refractivity contribution is -0.274. The summed E-state index contributed by atoms with van der Waals surface area (Å²) >= 11 is 0. The predicted octanol–water partition coefficient (Wildman–Crippen LogP) is 5.64. The van der Waals surface area contributed by atoms with Crippen molar-refractivity contribution in [3.63, 3.8) is 0 Å². The van der Waals surface area contributed by atoms with Crippen molar-refractivity contribution in [2.75, 3.05) is 21.3 Å². The monoisotopic (exact) mass is 512 g/mol. The average molecular weight is 512 g/mol. The Morgan fingerprint density at radius 2 is 1.49 bits per heavy atom. The van der Waals surface area contributed by atoms with Crippen molar-refractivity contribution in [3.8, 4) is 57.4 Å². The number of benzene rings is 2. The van der Waals surface area contributed by atoms with Crippen molar-refractivity contribution in [2.45, 2.75) is 6.36 Å². The van der Waals surface area contributed by atoms with E-state index < -0.39 is 6.36 Å². The van der Waals surface area contributed by atoms with Gasteiger partial charge in [0.1, 0.15) is 11.6 Å². The average Bonchev–Trinajstić information content (AvgIpc) is 3.52. The first-order chi connectivity index (χ1) is 17.8. The molecule has 0 radical (unpaired) electrons. The van der Waals surface area contributed by atoms with Gasteiger partial charge >= 0.3 is 6.36 Å². The van der Waals surface area contributed by atoms with Crippen molar-refractivity contribution in [2.24, 2.45) is 0 Å². The Hall–Kier alpha value is -4.74. The molecule has 9 nitrogen and oxygen atoms in total. The van der Waals surface area contributed by atoms with Crippen LogP contribution in [0.25, 0.3) is 39.9 Å². The molecule has 3 aromatic heterocycles. The molecule has 0 saturated carbocycles. The second-order valence-electron chi connectivity index (χ2n) is 7.64. The van der Waals surface area contributed by atoms with Crippen molar-refractivity contribution in [1.29, 1.82) is 0 Å². The molecule has 0 saturated heterocycles. The molecule has 37 heavy (non-hydrogen) atoms. The first-order valence-corrected chi connectivity index (χ1v) is 10.8. The highest BCUT2D eigenvalue weighted by atomic mass is 19.4. The molecule has 0 amide bonds. The van der Waals surface area contributed by atoms with Gasteiger partial charge in [-0.15, -0.1) is 23.4 Å². The van der Waals surface area contributed by atoms with Crippen LogP contribution >= 0.6 is 0 Å². The van der Waals surface area contributed by atoms with Crippen LogP contribution in [0.1, 0.15) is 0 Å². The summed E-state index contributed by atoms with van der Waals surface area (Å²) in [6.07, 6.45) is -2.95. The van der Waals surface area contributed by atoms with E-state index in [4.69, 9.17) is 23.6 Å². The number of nitrogens with zero attached hydrogens (tertiary/aromatic N) is 4. The van der Waals surface area contributed by atoms with Gasteiger partial charge in [0.05, 0.1) is 26.8 Å². The van der Waals surface area contributed by atoms with Crippen LogP contribution in [0, 0.1) is 0 Å². The van der Waals surface area contributed by atoms with Crippen molar-refractivity contribution in [3.05, 3.63) is 60.8 Å². The third-order valence-corrected chi connectivity index (χ3v) is 5.43. The lowest BCUT2D eigenvalue weighted by Gasteiger charge is -2.13. The summed E-state index contributed by atoms with van der Waals surface area (Å²) in [5, 5.41) is 8.17. The molecule has 0 aliphatic heterocycles. The minimum absolute atomic E-state index is 0.111. The summed E-state index contributed by atoms with van der Waals surface area (Å²) < 4.78 is 65.3. The van der Waals surface area contributed by atoms with Gasteiger partial charge in [0.2, 0.25) is 11.6 Å². The molecular formula is C25H19F3N4O5. The fraction of sp³-hybridized carbons (Fsp3) is 0.160. The molecule has 12 heteroatoms. The molecule has 190 valence electrons. The van der Waals surface area contributed by atoms with Gasteiger partial charge in [-0.1, -0.05) is 6.07 Å². The zero-order valence-corrected chi connectivity index (χ0v) is 19.7. The highest BCUT2D eigenvalue weighted by molar-refractivity contribution is 5.79. The summed E-state index contributed by atoms with van der Waals surface area (Å²) in [5.74, 6) is 1.81. The molecule has 0 bridgehead atoms. The van der Waals surface area contributed by atoms with Gasteiger partial charge in [-0.25, -0.2) is 4.98 Å². The van der Waals surface area contributed by atoms with E-state index >= 15 is 0 Å². The van der Waals surface area contributed by atoms with Gasteiger partial charge in [0.15, 0.2) is 17.2 Å². The third-order valence-electron chi connectivity index (χ3n) is 5.43. The molecule has 0 aliphatic carbocycles. The van der Waals surface area contributed by atoms with Crippen LogP contribution in [0.3, 0.4) is 0 Å². The van der Waals surface area contributed by atoms with Crippen LogP contribution in [0.5, 0.6) is 23.0 Å². The number of halogens is 3. The number of pyridine rings is 1. The molecule has 0 fully saturated rings.